The van der Waals surface area contributed by atoms with Crippen LogP contribution in [0.4, 0.5) is 0 Å². The molecule has 0 aliphatic heterocycles. The molecule has 18 heavy (non-hydrogen) atoms. The Balaban J connectivity index is 2.18. The first-order chi connectivity index (χ1) is 8.60. The maximum Gasteiger partial charge on any atom is 0.131 e. The summed E-state index contributed by atoms with van der Waals surface area (Å²) in [6.07, 6.45) is 0. The molecule has 0 saturated heterocycles. The summed E-state index contributed by atoms with van der Waals surface area (Å²) in [4.78, 5) is 4.35. The van der Waals surface area contributed by atoms with Crippen LogP contribution in [0.2, 0.25) is 0 Å². The fourth-order valence-electron chi connectivity index (χ4n) is 1.74. The molecule has 0 radical (unpaired) electrons. The van der Waals surface area contributed by atoms with E-state index < -0.39 is 0 Å². The predicted octanol–water partition coefficient (Wildman–Crippen LogP) is 3.59. The molecule has 5 heteroatoms. The molecule has 0 atom stereocenters. The molecule has 1 heterocycles. The van der Waals surface area contributed by atoms with Crippen LogP contribution in [0, 0.1) is 13.8 Å². The second kappa shape index (κ2) is 5.82. The lowest BCUT2D eigenvalue weighted by Gasteiger charge is -2.12. The van der Waals surface area contributed by atoms with Gasteiger partial charge in [0.1, 0.15) is 12.4 Å². The number of thiazole rings is 1. The number of hydrogen-bond donors (Lipinski definition) is 1. The second-order valence-corrected chi connectivity index (χ2v) is 5.99. The number of aryl methyl sites for hydroxylation is 2. The summed E-state index contributed by atoms with van der Waals surface area (Å²) in [6.45, 7) is 4.33. The average Bonchev–Trinajstić information content (AvgIpc) is 2.73. The van der Waals surface area contributed by atoms with Crippen LogP contribution in [0.1, 0.15) is 21.8 Å². The molecule has 0 aliphatic rings. The van der Waals surface area contributed by atoms with Crippen LogP contribution in [0.3, 0.4) is 0 Å². The van der Waals surface area contributed by atoms with Gasteiger partial charge in [0.15, 0.2) is 0 Å². The van der Waals surface area contributed by atoms with Gasteiger partial charge in [0, 0.05) is 15.4 Å². The van der Waals surface area contributed by atoms with Crippen molar-refractivity contribution in [1.29, 1.82) is 0 Å². The third-order valence-corrected chi connectivity index (χ3v) is 3.80. The summed E-state index contributed by atoms with van der Waals surface area (Å²) in [5.41, 5.74) is 2.71. The van der Waals surface area contributed by atoms with E-state index in [1.54, 1.807) is 11.3 Å². The number of rotatable bonds is 4. The van der Waals surface area contributed by atoms with Crippen LogP contribution in [0.5, 0.6) is 5.75 Å². The summed E-state index contributed by atoms with van der Waals surface area (Å²) >= 11 is 5.02. The fraction of sp³-hybridized carbons (Fsp3) is 0.308. The van der Waals surface area contributed by atoms with Crippen molar-refractivity contribution in [3.8, 4) is 5.75 Å². The van der Waals surface area contributed by atoms with Gasteiger partial charge in [-0.3, -0.25) is 0 Å². The minimum atomic E-state index is -0.0360. The highest BCUT2D eigenvalue weighted by Gasteiger charge is 2.09. The Labute approximate surface area is 119 Å². The van der Waals surface area contributed by atoms with E-state index in [-0.39, 0.29) is 6.61 Å². The lowest BCUT2D eigenvalue weighted by atomic mass is 10.1. The first-order valence-corrected chi connectivity index (χ1v) is 7.21. The topological polar surface area (TPSA) is 42.4 Å². The number of ether oxygens (including phenoxy) is 1. The highest BCUT2D eigenvalue weighted by Crippen LogP contribution is 2.28. The van der Waals surface area contributed by atoms with Gasteiger partial charge in [0.05, 0.1) is 17.3 Å². The van der Waals surface area contributed by atoms with Crippen molar-refractivity contribution in [1.82, 2.24) is 4.98 Å². The maximum atomic E-state index is 9.35. The monoisotopic (exact) mass is 327 g/mol. The van der Waals surface area contributed by atoms with E-state index in [0.717, 1.165) is 32.1 Å². The van der Waals surface area contributed by atoms with E-state index in [1.165, 1.54) is 0 Å². The average molecular weight is 328 g/mol. The normalized spacial score (nSPS) is 10.7. The minimum Gasteiger partial charge on any atom is -0.487 e. The van der Waals surface area contributed by atoms with E-state index in [9.17, 15) is 5.11 Å². The smallest absolute Gasteiger partial charge is 0.131 e. The predicted molar refractivity (Wildman–Crippen MR) is 76.0 cm³/mol. The zero-order valence-electron chi connectivity index (χ0n) is 10.2. The van der Waals surface area contributed by atoms with E-state index in [0.29, 0.717) is 6.61 Å². The van der Waals surface area contributed by atoms with Gasteiger partial charge < -0.3 is 9.84 Å². The molecule has 1 aromatic heterocycles. The Morgan fingerprint density at radius 1 is 1.39 bits per heavy atom. The summed E-state index contributed by atoms with van der Waals surface area (Å²) < 4.78 is 6.72. The molecule has 0 unspecified atom stereocenters. The number of hydrogen-bond acceptors (Lipinski definition) is 4. The van der Waals surface area contributed by atoms with E-state index in [2.05, 4.69) is 20.9 Å². The number of benzene rings is 1. The quantitative estimate of drug-likeness (QED) is 0.933. The summed E-state index contributed by atoms with van der Waals surface area (Å²) in [5, 5.41) is 12.4. The Morgan fingerprint density at radius 2 is 2.17 bits per heavy atom. The van der Waals surface area contributed by atoms with Crippen molar-refractivity contribution in [2.24, 2.45) is 0 Å². The van der Waals surface area contributed by atoms with Gasteiger partial charge in [-0.15, -0.1) is 11.3 Å². The van der Waals surface area contributed by atoms with Crippen molar-refractivity contribution < 1.29 is 9.84 Å². The number of aromatic nitrogens is 1. The van der Waals surface area contributed by atoms with Gasteiger partial charge in [-0.05, 0) is 31.5 Å². The SMILES string of the molecule is Cc1nc(COc2c(C)cc(Br)cc2CO)cs1. The van der Waals surface area contributed by atoms with Gasteiger partial charge in [-0.1, -0.05) is 15.9 Å². The Kier molecular flexibility index (Phi) is 4.37. The molecular weight excluding hydrogens is 314 g/mol. The zero-order chi connectivity index (χ0) is 13.1. The highest BCUT2D eigenvalue weighted by atomic mass is 79.9. The van der Waals surface area contributed by atoms with E-state index in [4.69, 9.17) is 4.74 Å². The molecule has 0 saturated carbocycles. The Morgan fingerprint density at radius 3 is 2.78 bits per heavy atom. The molecular formula is C13H14BrNO2S. The van der Waals surface area contributed by atoms with Gasteiger partial charge in [-0.2, -0.15) is 0 Å². The summed E-state index contributed by atoms with van der Waals surface area (Å²) in [7, 11) is 0. The lowest BCUT2D eigenvalue weighted by molar-refractivity contribution is 0.256. The van der Waals surface area contributed by atoms with Crippen LogP contribution in [0.15, 0.2) is 22.0 Å². The van der Waals surface area contributed by atoms with Gasteiger partial charge >= 0.3 is 0 Å². The number of aliphatic hydroxyl groups is 1. The zero-order valence-corrected chi connectivity index (χ0v) is 12.6. The molecule has 1 N–H and O–H groups in total. The number of nitrogens with zero attached hydrogens (tertiary/aromatic N) is 1. The lowest BCUT2D eigenvalue weighted by Crippen LogP contribution is -2.01. The second-order valence-electron chi connectivity index (χ2n) is 4.02. The molecule has 2 rings (SSSR count). The Hall–Kier alpha value is -0.910. The number of aliphatic hydroxyl groups excluding tert-OH is 1. The molecule has 0 aliphatic carbocycles. The molecule has 0 bridgehead atoms. The van der Waals surface area contributed by atoms with Crippen LogP contribution < -0.4 is 4.74 Å². The van der Waals surface area contributed by atoms with Gasteiger partial charge in [0.25, 0.3) is 0 Å². The fourth-order valence-corrected chi connectivity index (χ4v) is 2.96. The minimum absolute atomic E-state index is 0.0360. The van der Waals surface area contributed by atoms with E-state index >= 15 is 0 Å². The largest absolute Gasteiger partial charge is 0.487 e. The van der Waals surface area contributed by atoms with Crippen molar-refractivity contribution in [3.05, 3.63) is 43.8 Å². The van der Waals surface area contributed by atoms with Crippen LogP contribution in [0.25, 0.3) is 0 Å². The third-order valence-electron chi connectivity index (χ3n) is 2.52. The van der Waals surface area contributed by atoms with Crippen LogP contribution in [-0.2, 0) is 13.2 Å². The number of halogens is 1. The third kappa shape index (κ3) is 3.10. The van der Waals surface area contributed by atoms with Crippen molar-refractivity contribution >= 4 is 27.3 Å². The molecule has 0 spiro atoms. The van der Waals surface area contributed by atoms with Crippen molar-refractivity contribution in [3.63, 3.8) is 0 Å². The molecule has 0 fully saturated rings. The Bertz CT molecular complexity index is 554. The molecule has 1 aromatic carbocycles. The standard InChI is InChI=1S/C13H14BrNO2S/c1-8-3-11(14)4-10(5-16)13(8)17-6-12-7-18-9(2)15-12/h3-4,7,16H,5-6H2,1-2H3. The van der Waals surface area contributed by atoms with Crippen LogP contribution >= 0.6 is 27.3 Å². The van der Waals surface area contributed by atoms with Crippen molar-refractivity contribution in [2.45, 2.75) is 27.1 Å². The summed E-state index contributed by atoms with van der Waals surface area (Å²) in [5.74, 6) is 0.742. The van der Waals surface area contributed by atoms with E-state index in [1.807, 2.05) is 31.4 Å². The molecule has 2 aromatic rings. The molecule has 0 amide bonds. The van der Waals surface area contributed by atoms with Gasteiger partial charge in [-0.25, -0.2) is 4.98 Å². The first-order valence-electron chi connectivity index (χ1n) is 5.54. The van der Waals surface area contributed by atoms with Crippen LogP contribution in [-0.4, -0.2) is 10.1 Å². The van der Waals surface area contributed by atoms with Gasteiger partial charge in [0.2, 0.25) is 0 Å². The highest BCUT2D eigenvalue weighted by molar-refractivity contribution is 9.10. The maximum absolute atomic E-state index is 9.35. The van der Waals surface area contributed by atoms with Crippen molar-refractivity contribution in [2.75, 3.05) is 0 Å². The molecule has 96 valence electrons. The first kappa shape index (κ1) is 13.5. The summed E-state index contributed by atoms with van der Waals surface area (Å²) in [6, 6.07) is 3.84. The molecule has 3 nitrogen and oxygen atoms in total.